The van der Waals surface area contributed by atoms with Crippen LogP contribution < -0.4 is 15.4 Å². The Morgan fingerprint density at radius 1 is 1.03 bits per heavy atom. The van der Waals surface area contributed by atoms with Gasteiger partial charge in [0.25, 0.3) is 0 Å². The third-order valence-electron chi connectivity index (χ3n) is 4.77. The summed E-state index contributed by atoms with van der Waals surface area (Å²) >= 11 is 0. The van der Waals surface area contributed by atoms with Gasteiger partial charge in [-0.3, -0.25) is 0 Å². The van der Waals surface area contributed by atoms with E-state index in [1.807, 2.05) is 43.3 Å². The van der Waals surface area contributed by atoms with Crippen LogP contribution in [0.15, 0.2) is 53.5 Å². The summed E-state index contributed by atoms with van der Waals surface area (Å²) < 4.78 is 28.0. The van der Waals surface area contributed by atoms with Crippen molar-refractivity contribution in [3.05, 3.63) is 65.2 Å². The number of aliphatic imine (C=N–C) groups is 1. The highest BCUT2D eigenvalue weighted by Crippen LogP contribution is 2.21. The molecule has 0 heterocycles. The summed E-state index contributed by atoms with van der Waals surface area (Å²) in [5, 5.41) is 6.66. The smallest absolute Gasteiger partial charge is 0.191 e. The second-order valence-electron chi connectivity index (χ2n) is 7.47. The number of hydrogen-bond donors (Lipinski definition) is 2. The van der Waals surface area contributed by atoms with E-state index in [0.717, 1.165) is 42.3 Å². The van der Waals surface area contributed by atoms with Gasteiger partial charge < -0.3 is 15.4 Å². The molecule has 2 N–H and O–H groups in total. The molecule has 2 aromatic carbocycles. The van der Waals surface area contributed by atoms with Gasteiger partial charge in [-0.15, -0.1) is 0 Å². The molecule has 0 aliphatic heterocycles. The lowest BCUT2D eigenvalue weighted by atomic mass is 9.98. The average molecular weight is 432 g/mol. The highest BCUT2D eigenvalue weighted by molar-refractivity contribution is 7.89. The van der Waals surface area contributed by atoms with E-state index in [4.69, 9.17) is 4.74 Å². The van der Waals surface area contributed by atoms with E-state index in [1.54, 1.807) is 7.11 Å². The zero-order valence-electron chi connectivity index (χ0n) is 18.3. The first kappa shape index (κ1) is 23.7. The van der Waals surface area contributed by atoms with Crippen LogP contribution in [-0.4, -0.2) is 40.8 Å². The van der Waals surface area contributed by atoms with E-state index in [-0.39, 0.29) is 5.75 Å². The van der Waals surface area contributed by atoms with Crippen LogP contribution in [-0.2, 0) is 22.1 Å². The zero-order valence-corrected chi connectivity index (χ0v) is 19.1. The zero-order chi connectivity index (χ0) is 22.0. The molecule has 164 valence electrons. The molecule has 30 heavy (non-hydrogen) atoms. The molecule has 2 aromatic rings. The monoisotopic (exact) mass is 431 g/mol. The van der Waals surface area contributed by atoms with Crippen molar-refractivity contribution in [1.29, 1.82) is 0 Å². The predicted octanol–water partition coefficient (Wildman–Crippen LogP) is 3.49. The molecule has 0 aromatic heterocycles. The molecule has 0 bridgehead atoms. The highest BCUT2D eigenvalue weighted by atomic mass is 32.2. The van der Waals surface area contributed by atoms with Gasteiger partial charge in [0.1, 0.15) is 5.75 Å². The molecule has 0 saturated heterocycles. The van der Waals surface area contributed by atoms with Crippen molar-refractivity contribution in [1.82, 2.24) is 10.6 Å². The summed E-state index contributed by atoms with van der Waals surface area (Å²) in [4.78, 5) is 4.64. The lowest BCUT2D eigenvalue weighted by Crippen LogP contribution is -2.38. The second kappa shape index (κ2) is 11.6. The fourth-order valence-corrected chi connectivity index (χ4v) is 3.86. The van der Waals surface area contributed by atoms with Gasteiger partial charge in [0.2, 0.25) is 0 Å². The predicted molar refractivity (Wildman–Crippen MR) is 124 cm³/mol. The van der Waals surface area contributed by atoms with E-state index >= 15 is 0 Å². The summed E-state index contributed by atoms with van der Waals surface area (Å²) in [6.07, 6.45) is 2.23. The molecular weight excluding hydrogens is 398 g/mol. The van der Waals surface area contributed by atoms with Gasteiger partial charge in [-0.05, 0) is 48.1 Å². The number of hydrogen-bond acceptors (Lipinski definition) is 4. The van der Waals surface area contributed by atoms with Gasteiger partial charge in [0.05, 0.1) is 19.4 Å². The Balaban J connectivity index is 1.87. The fourth-order valence-electron chi connectivity index (χ4n) is 3.06. The van der Waals surface area contributed by atoms with Crippen LogP contribution in [0.4, 0.5) is 0 Å². The molecule has 0 saturated carbocycles. The third-order valence-corrected chi connectivity index (χ3v) is 5.63. The molecule has 6 nitrogen and oxygen atoms in total. The van der Waals surface area contributed by atoms with Gasteiger partial charge in [-0.1, -0.05) is 43.3 Å². The maximum atomic E-state index is 11.4. The minimum absolute atomic E-state index is 0.0626. The van der Waals surface area contributed by atoms with Crippen LogP contribution in [0.3, 0.4) is 0 Å². The maximum Gasteiger partial charge on any atom is 0.191 e. The van der Waals surface area contributed by atoms with Gasteiger partial charge in [-0.25, -0.2) is 13.4 Å². The van der Waals surface area contributed by atoms with Crippen LogP contribution in [0.2, 0.25) is 0 Å². The van der Waals surface area contributed by atoms with Crippen molar-refractivity contribution in [2.75, 3.05) is 26.5 Å². The first-order chi connectivity index (χ1) is 14.3. The molecule has 2 rings (SSSR count). The van der Waals surface area contributed by atoms with Crippen LogP contribution in [0, 0.1) is 0 Å². The summed E-state index contributed by atoms with van der Waals surface area (Å²) in [7, 11) is -1.34. The normalized spacial score (nSPS) is 13.0. The first-order valence-electron chi connectivity index (χ1n) is 10.2. The maximum absolute atomic E-state index is 11.4. The fraction of sp³-hybridized carbons (Fsp3) is 0.435. The van der Waals surface area contributed by atoms with Crippen molar-refractivity contribution in [2.24, 2.45) is 4.99 Å². The summed E-state index contributed by atoms with van der Waals surface area (Å²) in [6, 6.07) is 15.8. The minimum Gasteiger partial charge on any atom is -0.497 e. The van der Waals surface area contributed by atoms with Gasteiger partial charge in [-0.2, -0.15) is 0 Å². The van der Waals surface area contributed by atoms with Crippen LogP contribution in [0.5, 0.6) is 5.75 Å². The number of nitrogens with zero attached hydrogens (tertiary/aromatic N) is 1. The number of sulfone groups is 1. The van der Waals surface area contributed by atoms with Crippen LogP contribution >= 0.6 is 0 Å². The molecule has 1 unspecified atom stereocenters. The lowest BCUT2D eigenvalue weighted by Gasteiger charge is -2.15. The largest absolute Gasteiger partial charge is 0.497 e. The molecule has 1 atom stereocenters. The molecule has 7 heteroatoms. The Labute approximate surface area is 180 Å². The summed E-state index contributed by atoms with van der Waals surface area (Å²) in [5.74, 6) is 2.14. The van der Waals surface area contributed by atoms with E-state index in [2.05, 4.69) is 34.7 Å². The SMILES string of the molecule is CCNC(=NCc1ccc(CS(C)(=O)=O)cc1)NCCC(C)c1ccc(OC)cc1. The number of methoxy groups -OCH3 is 1. The van der Waals surface area contributed by atoms with E-state index in [1.165, 1.54) is 11.8 Å². The van der Waals surface area contributed by atoms with Gasteiger partial charge >= 0.3 is 0 Å². The number of benzene rings is 2. The summed E-state index contributed by atoms with van der Waals surface area (Å²) in [6.45, 7) is 6.38. The molecule has 0 radical (unpaired) electrons. The minimum atomic E-state index is -3.02. The highest BCUT2D eigenvalue weighted by Gasteiger charge is 2.07. The number of ether oxygens (including phenoxy) is 1. The van der Waals surface area contributed by atoms with Gasteiger partial charge in [0, 0.05) is 19.3 Å². The Hall–Kier alpha value is -2.54. The Morgan fingerprint density at radius 3 is 2.23 bits per heavy atom. The standard InChI is InChI=1S/C23H33N3O3S/c1-5-24-23(25-15-14-18(2)21-10-12-22(29-3)13-11-21)26-16-19-6-8-20(9-7-19)17-30(4,27)28/h6-13,18H,5,14-17H2,1-4H3,(H2,24,25,26). The Morgan fingerprint density at radius 2 is 1.67 bits per heavy atom. The molecule has 0 amide bonds. The van der Waals surface area contributed by atoms with E-state index in [9.17, 15) is 8.42 Å². The van der Waals surface area contributed by atoms with Crippen molar-refractivity contribution < 1.29 is 13.2 Å². The lowest BCUT2D eigenvalue weighted by molar-refractivity contribution is 0.414. The number of nitrogens with one attached hydrogen (secondary N) is 2. The topological polar surface area (TPSA) is 79.8 Å². The molecular formula is C23H33N3O3S. The van der Waals surface area contributed by atoms with Crippen molar-refractivity contribution >= 4 is 15.8 Å². The molecule has 0 spiro atoms. The van der Waals surface area contributed by atoms with Crippen molar-refractivity contribution in [3.63, 3.8) is 0 Å². The number of rotatable bonds is 10. The van der Waals surface area contributed by atoms with E-state index in [0.29, 0.717) is 12.5 Å². The van der Waals surface area contributed by atoms with Crippen LogP contribution in [0.1, 0.15) is 42.9 Å². The van der Waals surface area contributed by atoms with Crippen LogP contribution in [0.25, 0.3) is 0 Å². The second-order valence-corrected chi connectivity index (χ2v) is 9.61. The summed E-state index contributed by atoms with van der Waals surface area (Å²) in [5.41, 5.74) is 3.12. The molecule has 0 aliphatic rings. The average Bonchev–Trinajstić information content (AvgIpc) is 2.72. The third kappa shape index (κ3) is 8.45. The first-order valence-corrected chi connectivity index (χ1v) is 12.3. The Bertz CT molecular complexity index is 908. The van der Waals surface area contributed by atoms with Crippen molar-refractivity contribution in [2.45, 2.75) is 38.5 Å². The van der Waals surface area contributed by atoms with Gasteiger partial charge in [0.15, 0.2) is 15.8 Å². The number of guanidine groups is 1. The molecule has 0 aliphatic carbocycles. The molecule has 0 fully saturated rings. The quantitative estimate of drug-likeness (QED) is 0.445. The van der Waals surface area contributed by atoms with Crippen molar-refractivity contribution in [3.8, 4) is 5.75 Å². The van der Waals surface area contributed by atoms with E-state index < -0.39 is 9.84 Å². The Kier molecular flexibility index (Phi) is 9.17.